The van der Waals surface area contributed by atoms with Crippen LogP contribution in [-0.2, 0) is 13.6 Å². The van der Waals surface area contributed by atoms with Crippen LogP contribution in [0, 0.1) is 5.82 Å². The molecule has 0 saturated carbocycles. The van der Waals surface area contributed by atoms with Gasteiger partial charge in [-0.15, -0.1) is 0 Å². The van der Waals surface area contributed by atoms with E-state index >= 15 is 0 Å². The Morgan fingerprint density at radius 2 is 1.87 bits per heavy atom. The number of hydrogen-bond acceptors (Lipinski definition) is 6. The van der Waals surface area contributed by atoms with Gasteiger partial charge in [0, 0.05) is 7.05 Å². The lowest BCUT2D eigenvalue weighted by molar-refractivity contribution is 0.475. The first-order chi connectivity index (χ1) is 14.4. The Kier molecular flexibility index (Phi) is 4.88. The van der Waals surface area contributed by atoms with Crippen molar-refractivity contribution >= 4 is 23.3 Å². The first-order valence-corrected chi connectivity index (χ1v) is 8.94. The maximum atomic E-state index is 13.3. The van der Waals surface area contributed by atoms with Gasteiger partial charge in [-0.3, -0.25) is 18.9 Å². The van der Waals surface area contributed by atoms with E-state index < -0.39 is 11.2 Å². The largest absolute Gasteiger partial charge is 0.508 e. The number of aromatic nitrogens is 4. The van der Waals surface area contributed by atoms with Crippen molar-refractivity contribution in [2.75, 3.05) is 5.43 Å². The molecule has 9 nitrogen and oxygen atoms in total. The highest BCUT2D eigenvalue weighted by atomic mass is 19.1. The van der Waals surface area contributed by atoms with Gasteiger partial charge in [-0.2, -0.15) is 10.1 Å². The molecule has 3 N–H and O–H groups in total. The molecule has 2 aromatic heterocycles. The molecule has 10 heteroatoms. The average Bonchev–Trinajstić information content (AvgIpc) is 3.08. The lowest BCUT2D eigenvalue weighted by atomic mass is 10.2. The number of nitrogens with one attached hydrogen (secondary N) is 2. The number of aromatic hydroxyl groups is 1. The highest BCUT2D eigenvalue weighted by Gasteiger charge is 2.17. The van der Waals surface area contributed by atoms with Crippen LogP contribution in [0.4, 0.5) is 10.3 Å². The van der Waals surface area contributed by atoms with Crippen molar-refractivity contribution in [3.05, 3.63) is 86.3 Å². The topological polar surface area (TPSA) is 117 Å². The van der Waals surface area contributed by atoms with Gasteiger partial charge < -0.3 is 5.11 Å². The fourth-order valence-corrected chi connectivity index (χ4v) is 2.97. The Morgan fingerprint density at radius 3 is 2.57 bits per heavy atom. The number of benzene rings is 2. The molecule has 0 spiro atoms. The summed E-state index contributed by atoms with van der Waals surface area (Å²) in [6, 6.07) is 12.3. The molecule has 4 rings (SSSR count). The SMILES string of the molecule is Cn1c(=O)[nH]c(=O)c2c1nc(N/N=C/c1ccc(O)cc1)n2Cc1ccc(F)cc1. The van der Waals surface area contributed by atoms with E-state index in [-0.39, 0.29) is 35.2 Å². The summed E-state index contributed by atoms with van der Waals surface area (Å²) in [6.07, 6.45) is 1.52. The van der Waals surface area contributed by atoms with E-state index in [2.05, 4.69) is 20.5 Å². The van der Waals surface area contributed by atoms with Crippen LogP contribution in [0.15, 0.2) is 63.2 Å². The van der Waals surface area contributed by atoms with Gasteiger partial charge in [0.25, 0.3) is 5.56 Å². The van der Waals surface area contributed by atoms with Crippen LogP contribution in [0.25, 0.3) is 11.2 Å². The molecular formula is C20H17FN6O3. The van der Waals surface area contributed by atoms with E-state index in [9.17, 15) is 19.1 Å². The maximum absolute atomic E-state index is 13.3. The van der Waals surface area contributed by atoms with Gasteiger partial charge in [-0.05, 0) is 47.5 Å². The van der Waals surface area contributed by atoms with Crippen LogP contribution in [0.1, 0.15) is 11.1 Å². The summed E-state index contributed by atoms with van der Waals surface area (Å²) in [5.74, 6) is 0.00345. The molecule has 152 valence electrons. The molecule has 0 aliphatic heterocycles. The number of H-pyrrole nitrogens is 1. The van der Waals surface area contributed by atoms with E-state index in [1.165, 1.54) is 42.1 Å². The van der Waals surface area contributed by atoms with E-state index in [0.29, 0.717) is 0 Å². The van der Waals surface area contributed by atoms with Gasteiger partial charge in [0.2, 0.25) is 5.95 Å². The minimum Gasteiger partial charge on any atom is -0.508 e. The van der Waals surface area contributed by atoms with Gasteiger partial charge >= 0.3 is 5.69 Å². The molecule has 2 aromatic carbocycles. The number of anilines is 1. The first-order valence-electron chi connectivity index (χ1n) is 8.94. The fraction of sp³-hybridized carbons (Fsp3) is 0.100. The minimum absolute atomic E-state index is 0.140. The molecule has 2 heterocycles. The van der Waals surface area contributed by atoms with Gasteiger partial charge in [-0.25, -0.2) is 14.6 Å². The van der Waals surface area contributed by atoms with Gasteiger partial charge in [0.1, 0.15) is 11.6 Å². The van der Waals surface area contributed by atoms with Gasteiger partial charge in [0.15, 0.2) is 11.2 Å². The van der Waals surface area contributed by atoms with Crippen LogP contribution in [-0.4, -0.2) is 30.4 Å². The maximum Gasteiger partial charge on any atom is 0.329 e. The smallest absolute Gasteiger partial charge is 0.329 e. The Bertz CT molecular complexity index is 1350. The predicted octanol–water partition coefficient (Wildman–Crippen LogP) is 1.76. The molecular weight excluding hydrogens is 391 g/mol. The lowest BCUT2D eigenvalue weighted by Crippen LogP contribution is -2.29. The van der Waals surface area contributed by atoms with Crippen molar-refractivity contribution in [2.45, 2.75) is 6.54 Å². The second-order valence-corrected chi connectivity index (χ2v) is 6.60. The van der Waals surface area contributed by atoms with Crippen molar-refractivity contribution in [2.24, 2.45) is 12.1 Å². The molecule has 30 heavy (non-hydrogen) atoms. The molecule has 0 bridgehead atoms. The van der Waals surface area contributed by atoms with Crippen molar-refractivity contribution in [1.82, 2.24) is 19.1 Å². The third-order valence-electron chi connectivity index (χ3n) is 4.53. The third kappa shape index (κ3) is 3.70. The molecule has 0 aliphatic rings. The zero-order chi connectivity index (χ0) is 21.3. The molecule has 0 radical (unpaired) electrons. The molecule has 4 aromatic rings. The van der Waals surface area contributed by atoms with E-state index in [4.69, 9.17) is 0 Å². The number of hydrazone groups is 1. The normalized spacial score (nSPS) is 11.4. The summed E-state index contributed by atoms with van der Waals surface area (Å²) in [4.78, 5) is 31.0. The van der Waals surface area contributed by atoms with Gasteiger partial charge in [-0.1, -0.05) is 12.1 Å². The zero-order valence-corrected chi connectivity index (χ0v) is 15.8. The number of nitrogens with zero attached hydrogens (tertiary/aromatic N) is 4. The van der Waals surface area contributed by atoms with Crippen LogP contribution < -0.4 is 16.7 Å². The number of halogens is 1. The highest BCUT2D eigenvalue weighted by Crippen LogP contribution is 2.18. The summed E-state index contributed by atoms with van der Waals surface area (Å²) < 4.78 is 16.0. The number of aromatic amines is 1. The summed E-state index contributed by atoms with van der Waals surface area (Å²) in [5, 5.41) is 13.5. The number of aryl methyl sites for hydroxylation is 1. The Morgan fingerprint density at radius 1 is 1.17 bits per heavy atom. The summed E-state index contributed by atoms with van der Waals surface area (Å²) in [5.41, 5.74) is 3.45. The molecule has 0 unspecified atom stereocenters. The molecule has 0 fully saturated rings. The number of rotatable bonds is 5. The predicted molar refractivity (Wildman–Crippen MR) is 110 cm³/mol. The molecule has 0 saturated heterocycles. The number of fused-ring (bicyclic) bond motifs is 1. The van der Waals surface area contributed by atoms with Crippen molar-refractivity contribution in [3.63, 3.8) is 0 Å². The molecule has 0 aliphatic carbocycles. The minimum atomic E-state index is -0.585. The van der Waals surface area contributed by atoms with E-state index in [1.54, 1.807) is 28.8 Å². The molecule has 0 atom stereocenters. The monoisotopic (exact) mass is 408 g/mol. The summed E-state index contributed by atoms with van der Waals surface area (Å²) in [7, 11) is 1.50. The van der Waals surface area contributed by atoms with Crippen molar-refractivity contribution < 1.29 is 9.50 Å². The van der Waals surface area contributed by atoms with Gasteiger partial charge in [0.05, 0.1) is 12.8 Å². The van der Waals surface area contributed by atoms with Crippen LogP contribution in [0.5, 0.6) is 5.75 Å². The number of imidazole rings is 1. The van der Waals surface area contributed by atoms with Crippen LogP contribution in [0.3, 0.4) is 0 Å². The number of phenolic OH excluding ortho intramolecular Hbond substituents is 1. The zero-order valence-electron chi connectivity index (χ0n) is 15.8. The summed E-state index contributed by atoms with van der Waals surface area (Å²) >= 11 is 0. The highest BCUT2D eigenvalue weighted by molar-refractivity contribution is 5.80. The van der Waals surface area contributed by atoms with Crippen LogP contribution in [0.2, 0.25) is 0 Å². The Hall–Kier alpha value is -4.21. The van der Waals surface area contributed by atoms with E-state index in [1.807, 2.05) is 0 Å². The summed E-state index contributed by atoms with van der Waals surface area (Å²) in [6.45, 7) is 0.203. The Balaban J connectivity index is 1.77. The fourth-order valence-electron chi connectivity index (χ4n) is 2.97. The number of phenols is 1. The second-order valence-electron chi connectivity index (χ2n) is 6.60. The number of hydrogen-bond donors (Lipinski definition) is 3. The third-order valence-corrected chi connectivity index (χ3v) is 4.53. The standard InChI is InChI=1S/C20H17FN6O3/c1-26-17-16(18(29)24-20(26)30)27(11-13-2-6-14(21)7-3-13)19(23-17)25-22-10-12-4-8-15(28)9-5-12/h2-10,28H,11H2,1H3,(H,23,25)(H,24,29,30)/b22-10+. The quantitative estimate of drug-likeness (QED) is 0.344. The van der Waals surface area contributed by atoms with E-state index in [0.717, 1.165) is 11.1 Å². The first kappa shape index (κ1) is 19.1. The Labute approximate surface area is 168 Å². The lowest BCUT2D eigenvalue weighted by Gasteiger charge is -2.08. The molecule has 0 amide bonds. The van der Waals surface area contributed by atoms with Crippen molar-refractivity contribution in [1.29, 1.82) is 0 Å². The van der Waals surface area contributed by atoms with Crippen molar-refractivity contribution in [3.8, 4) is 5.75 Å². The second kappa shape index (κ2) is 7.66. The van der Waals surface area contributed by atoms with Crippen LogP contribution >= 0.6 is 0 Å². The average molecular weight is 408 g/mol.